The quantitative estimate of drug-likeness (QED) is 0.624. The number of hydrogen-bond acceptors (Lipinski definition) is 3. The summed E-state index contributed by atoms with van der Waals surface area (Å²) in [5.74, 6) is 0.296. The van der Waals surface area contributed by atoms with E-state index in [0.717, 1.165) is 22.4 Å². The van der Waals surface area contributed by atoms with Crippen LogP contribution in [0.4, 0.5) is 4.39 Å². The first-order valence-electron chi connectivity index (χ1n) is 8.32. The minimum Gasteiger partial charge on any atom is -0.497 e. The lowest BCUT2D eigenvalue weighted by molar-refractivity contribution is 0.185. The van der Waals surface area contributed by atoms with Crippen LogP contribution < -0.4 is 10.3 Å². The number of hydrogen-bond donors (Lipinski definition) is 0. The molecule has 0 spiro atoms. The maximum Gasteiger partial charge on any atom is 0.251 e. The lowest BCUT2D eigenvalue weighted by Crippen LogP contribution is -2.21. The molecule has 0 aliphatic rings. The van der Waals surface area contributed by atoms with E-state index in [-0.39, 0.29) is 12.1 Å². The first kappa shape index (κ1) is 19.1. The molecule has 0 radical (unpaired) electrons. The molecule has 0 saturated heterocycles. The third-order valence-electron chi connectivity index (χ3n) is 4.27. The Morgan fingerprint density at radius 1 is 1.04 bits per heavy atom. The second kappa shape index (κ2) is 8.37. The van der Waals surface area contributed by atoms with Crippen molar-refractivity contribution in [3.8, 4) is 16.9 Å². The molecule has 140 valence electrons. The van der Waals surface area contributed by atoms with Crippen molar-refractivity contribution in [1.29, 1.82) is 0 Å². The van der Waals surface area contributed by atoms with Crippen molar-refractivity contribution >= 4 is 11.6 Å². The van der Waals surface area contributed by atoms with Gasteiger partial charge in [-0.05, 0) is 35.4 Å². The Balaban J connectivity index is 2.05. The topological polar surface area (TPSA) is 40.5 Å². The molecule has 0 aliphatic heterocycles. The summed E-state index contributed by atoms with van der Waals surface area (Å²) in [4.78, 5) is 12.5. The van der Waals surface area contributed by atoms with E-state index < -0.39 is 5.82 Å². The third kappa shape index (κ3) is 4.38. The molecule has 1 heterocycles. The zero-order valence-electron chi connectivity index (χ0n) is 15.0. The highest BCUT2D eigenvalue weighted by Gasteiger charge is 2.12. The predicted molar refractivity (Wildman–Crippen MR) is 104 cm³/mol. The third-order valence-corrected chi connectivity index (χ3v) is 4.50. The SMILES string of the molecule is COCc1cc(=O)n(Cc2ccc(Cl)cc2F)cc1-c1ccc(OC)cc1. The summed E-state index contributed by atoms with van der Waals surface area (Å²) in [6.45, 7) is 0.408. The second-order valence-electron chi connectivity index (χ2n) is 6.08. The molecule has 27 heavy (non-hydrogen) atoms. The normalized spacial score (nSPS) is 10.8. The van der Waals surface area contributed by atoms with Crippen LogP contribution in [0.1, 0.15) is 11.1 Å². The standard InChI is InChI=1S/C21H19ClFNO3/c1-26-13-16-9-21(25)24(11-15-3-6-17(22)10-20(15)23)12-19(16)14-4-7-18(27-2)8-5-14/h3-10,12H,11,13H2,1-2H3. The molecule has 0 fully saturated rings. The molecule has 3 aromatic rings. The van der Waals surface area contributed by atoms with E-state index >= 15 is 0 Å². The van der Waals surface area contributed by atoms with Crippen molar-refractivity contribution in [1.82, 2.24) is 4.57 Å². The Morgan fingerprint density at radius 3 is 2.41 bits per heavy atom. The van der Waals surface area contributed by atoms with E-state index in [1.54, 1.807) is 32.5 Å². The van der Waals surface area contributed by atoms with Crippen LogP contribution >= 0.6 is 11.6 Å². The van der Waals surface area contributed by atoms with Gasteiger partial charge in [0, 0.05) is 35.5 Å². The van der Waals surface area contributed by atoms with E-state index in [1.165, 1.54) is 16.7 Å². The summed E-state index contributed by atoms with van der Waals surface area (Å²) in [7, 11) is 3.18. The van der Waals surface area contributed by atoms with Gasteiger partial charge in [0.2, 0.25) is 0 Å². The zero-order valence-corrected chi connectivity index (χ0v) is 15.8. The summed E-state index contributed by atoms with van der Waals surface area (Å²) in [6, 6.07) is 13.5. The molecule has 0 saturated carbocycles. The number of pyridine rings is 1. The second-order valence-corrected chi connectivity index (χ2v) is 6.51. The molecule has 3 rings (SSSR count). The highest BCUT2D eigenvalue weighted by atomic mass is 35.5. The molecular weight excluding hydrogens is 369 g/mol. The molecule has 0 bridgehead atoms. The van der Waals surface area contributed by atoms with E-state index in [4.69, 9.17) is 21.1 Å². The first-order valence-corrected chi connectivity index (χ1v) is 8.70. The highest BCUT2D eigenvalue weighted by molar-refractivity contribution is 6.30. The molecule has 2 aromatic carbocycles. The number of aromatic nitrogens is 1. The van der Waals surface area contributed by atoms with Crippen molar-refractivity contribution in [2.45, 2.75) is 13.2 Å². The summed E-state index contributed by atoms with van der Waals surface area (Å²) in [5.41, 5.74) is 2.68. The van der Waals surface area contributed by atoms with Gasteiger partial charge in [0.05, 0.1) is 20.3 Å². The smallest absolute Gasteiger partial charge is 0.251 e. The van der Waals surface area contributed by atoms with Gasteiger partial charge in [-0.1, -0.05) is 29.8 Å². The van der Waals surface area contributed by atoms with E-state index in [0.29, 0.717) is 17.2 Å². The molecular formula is C21H19ClFNO3. The average molecular weight is 388 g/mol. The van der Waals surface area contributed by atoms with Crippen LogP contribution in [0.5, 0.6) is 5.75 Å². The Labute approximate surface area is 161 Å². The van der Waals surface area contributed by atoms with Gasteiger partial charge < -0.3 is 14.0 Å². The summed E-state index contributed by atoms with van der Waals surface area (Å²) in [5, 5.41) is 0.318. The Morgan fingerprint density at radius 2 is 1.78 bits per heavy atom. The molecule has 0 atom stereocenters. The fourth-order valence-corrected chi connectivity index (χ4v) is 3.03. The highest BCUT2D eigenvalue weighted by Crippen LogP contribution is 2.26. The molecule has 0 aliphatic carbocycles. The summed E-state index contributed by atoms with van der Waals surface area (Å²) in [6.07, 6.45) is 1.73. The fourth-order valence-electron chi connectivity index (χ4n) is 2.87. The molecule has 0 amide bonds. The monoisotopic (exact) mass is 387 g/mol. The van der Waals surface area contributed by atoms with Crippen molar-refractivity contribution < 1.29 is 13.9 Å². The number of ether oxygens (including phenoxy) is 2. The largest absolute Gasteiger partial charge is 0.497 e. The number of methoxy groups -OCH3 is 2. The van der Waals surface area contributed by atoms with E-state index in [2.05, 4.69) is 0 Å². The van der Waals surface area contributed by atoms with Gasteiger partial charge in [-0.15, -0.1) is 0 Å². The fraction of sp³-hybridized carbons (Fsp3) is 0.190. The number of halogens is 2. The van der Waals surface area contributed by atoms with Crippen LogP contribution in [0.25, 0.3) is 11.1 Å². The molecule has 1 aromatic heterocycles. The van der Waals surface area contributed by atoms with E-state index in [1.807, 2.05) is 24.3 Å². The van der Waals surface area contributed by atoms with Gasteiger partial charge in [-0.25, -0.2) is 4.39 Å². The minimum absolute atomic E-state index is 0.109. The van der Waals surface area contributed by atoms with Gasteiger partial charge in [0.15, 0.2) is 0 Å². The van der Waals surface area contributed by atoms with Crippen LogP contribution in [0.2, 0.25) is 5.02 Å². The molecule has 4 nitrogen and oxygen atoms in total. The van der Waals surface area contributed by atoms with Crippen LogP contribution in [0.15, 0.2) is 59.5 Å². The van der Waals surface area contributed by atoms with Gasteiger partial charge in [-0.3, -0.25) is 4.79 Å². The van der Waals surface area contributed by atoms with Gasteiger partial charge in [-0.2, -0.15) is 0 Å². The summed E-state index contributed by atoms with van der Waals surface area (Å²) >= 11 is 5.80. The maximum absolute atomic E-state index is 14.1. The van der Waals surface area contributed by atoms with Crippen LogP contribution in [-0.4, -0.2) is 18.8 Å². The van der Waals surface area contributed by atoms with E-state index in [9.17, 15) is 9.18 Å². The van der Waals surface area contributed by atoms with Crippen molar-refractivity contribution in [3.05, 3.63) is 87.0 Å². The van der Waals surface area contributed by atoms with Crippen LogP contribution in [0.3, 0.4) is 0 Å². The Kier molecular flexibility index (Phi) is 5.94. The zero-order chi connectivity index (χ0) is 19.4. The summed E-state index contributed by atoms with van der Waals surface area (Å²) < 4.78 is 26.0. The number of benzene rings is 2. The predicted octanol–water partition coefficient (Wildman–Crippen LogP) is 4.51. The molecule has 0 unspecified atom stereocenters. The Bertz CT molecular complexity index is 999. The van der Waals surface area contributed by atoms with Crippen LogP contribution in [-0.2, 0) is 17.9 Å². The number of rotatable bonds is 6. The molecule has 6 heteroatoms. The molecule has 0 N–H and O–H groups in total. The van der Waals surface area contributed by atoms with Gasteiger partial charge in [0.25, 0.3) is 5.56 Å². The first-order chi connectivity index (χ1) is 13.0. The average Bonchev–Trinajstić information content (AvgIpc) is 2.66. The van der Waals surface area contributed by atoms with Crippen molar-refractivity contribution in [2.24, 2.45) is 0 Å². The van der Waals surface area contributed by atoms with Gasteiger partial charge in [0.1, 0.15) is 11.6 Å². The van der Waals surface area contributed by atoms with Crippen LogP contribution in [0, 0.1) is 5.82 Å². The van der Waals surface area contributed by atoms with Crippen molar-refractivity contribution in [2.75, 3.05) is 14.2 Å². The lowest BCUT2D eigenvalue weighted by Gasteiger charge is -2.14. The minimum atomic E-state index is -0.443. The van der Waals surface area contributed by atoms with Gasteiger partial charge >= 0.3 is 0 Å². The van der Waals surface area contributed by atoms with Crippen molar-refractivity contribution in [3.63, 3.8) is 0 Å². The number of nitrogens with zero attached hydrogens (tertiary/aromatic N) is 1. The Hall–Kier alpha value is -2.63. The lowest BCUT2D eigenvalue weighted by atomic mass is 10.0. The maximum atomic E-state index is 14.1.